The highest BCUT2D eigenvalue weighted by Crippen LogP contribution is 2.51. The van der Waals surface area contributed by atoms with Gasteiger partial charge in [0.05, 0.1) is 0 Å². The summed E-state index contributed by atoms with van der Waals surface area (Å²) in [6.45, 7) is 0. The summed E-state index contributed by atoms with van der Waals surface area (Å²) in [6, 6.07) is 0. The Morgan fingerprint density at radius 1 is 0.952 bits per heavy atom. The first kappa shape index (κ1) is 16.6. The van der Waals surface area contributed by atoms with Gasteiger partial charge in [-0.3, -0.25) is 4.79 Å². The van der Waals surface area contributed by atoms with E-state index in [0.29, 0.717) is 11.8 Å². The van der Waals surface area contributed by atoms with Crippen LogP contribution in [0.25, 0.3) is 0 Å². The van der Waals surface area contributed by atoms with E-state index in [-0.39, 0.29) is 0 Å². The van der Waals surface area contributed by atoms with Gasteiger partial charge in [0, 0.05) is 6.42 Å². The van der Waals surface area contributed by atoms with Crippen molar-refractivity contribution in [1.29, 1.82) is 0 Å². The van der Waals surface area contributed by atoms with Crippen molar-refractivity contribution >= 4 is 5.97 Å². The predicted molar refractivity (Wildman–Crippen MR) is 87.3 cm³/mol. The van der Waals surface area contributed by atoms with Gasteiger partial charge in [0.2, 0.25) is 0 Å². The van der Waals surface area contributed by atoms with Crippen LogP contribution in [-0.2, 0) is 4.79 Å². The molecular formula is C19H32O2. The predicted octanol–water partition coefficient (Wildman–Crippen LogP) is 5.72. The van der Waals surface area contributed by atoms with E-state index in [1.54, 1.807) is 0 Å². The van der Waals surface area contributed by atoms with Gasteiger partial charge >= 0.3 is 5.97 Å². The molecule has 0 aromatic carbocycles. The molecule has 2 nitrogen and oxygen atoms in total. The van der Waals surface area contributed by atoms with E-state index in [0.717, 1.165) is 18.8 Å². The van der Waals surface area contributed by atoms with E-state index in [1.165, 1.54) is 70.6 Å². The molecule has 21 heavy (non-hydrogen) atoms. The van der Waals surface area contributed by atoms with Gasteiger partial charge in [0.1, 0.15) is 0 Å². The van der Waals surface area contributed by atoms with E-state index in [2.05, 4.69) is 12.2 Å². The Hall–Kier alpha value is -0.790. The van der Waals surface area contributed by atoms with E-state index < -0.39 is 5.97 Å². The van der Waals surface area contributed by atoms with Crippen molar-refractivity contribution in [2.75, 3.05) is 0 Å². The van der Waals surface area contributed by atoms with Crippen molar-refractivity contribution in [3.8, 4) is 0 Å². The third-order valence-corrected chi connectivity index (χ3v) is 5.63. The van der Waals surface area contributed by atoms with E-state index in [9.17, 15) is 4.79 Å². The molecule has 0 spiro atoms. The lowest BCUT2D eigenvalue weighted by Gasteiger charge is -2.45. The van der Waals surface area contributed by atoms with Crippen molar-refractivity contribution < 1.29 is 9.90 Å². The summed E-state index contributed by atoms with van der Waals surface area (Å²) >= 11 is 0. The SMILES string of the molecule is O=C(O)CCCCCCCC/C=C/C12CCC(CC1)CC2. The summed E-state index contributed by atoms with van der Waals surface area (Å²) in [6.07, 6.45) is 22.3. The van der Waals surface area contributed by atoms with Gasteiger partial charge in [-0.15, -0.1) is 0 Å². The van der Waals surface area contributed by atoms with Crippen LogP contribution in [0.4, 0.5) is 0 Å². The van der Waals surface area contributed by atoms with E-state index >= 15 is 0 Å². The number of unbranched alkanes of at least 4 members (excludes halogenated alkanes) is 6. The molecule has 3 rings (SSSR count). The van der Waals surface area contributed by atoms with Crippen LogP contribution in [-0.4, -0.2) is 11.1 Å². The smallest absolute Gasteiger partial charge is 0.303 e. The van der Waals surface area contributed by atoms with Crippen LogP contribution >= 0.6 is 0 Å². The van der Waals surface area contributed by atoms with E-state index in [1.807, 2.05) is 0 Å². The molecule has 0 unspecified atom stereocenters. The number of aliphatic carboxylic acids is 1. The summed E-state index contributed by atoms with van der Waals surface area (Å²) in [7, 11) is 0. The minimum Gasteiger partial charge on any atom is -0.481 e. The molecule has 0 radical (unpaired) electrons. The maximum Gasteiger partial charge on any atom is 0.303 e. The Bertz CT molecular complexity index is 324. The molecule has 1 N–H and O–H groups in total. The largest absolute Gasteiger partial charge is 0.481 e. The molecule has 0 saturated heterocycles. The third kappa shape index (κ3) is 5.84. The van der Waals surface area contributed by atoms with Crippen LogP contribution in [0.5, 0.6) is 0 Å². The van der Waals surface area contributed by atoms with Gasteiger partial charge in [-0.05, 0) is 69.1 Å². The standard InChI is InChI=1S/C19H32O2/c20-18(21)9-7-5-3-1-2-4-6-8-13-19-14-10-17(11-15-19)12-16-19/h8,13,17H,1-7,9-12,14-16H2,(H,20,21)/b13-8+. The lowest BCUT2D eigenvalue weighted by molar-refractivity contribution is -0.137. The minimum atomic E-state index is -0.656. The van der Waals surface area contributed by atoms with Gasteiger partial charge in [0.25, 0.3) is 0 Å². The summed E-state index contributed by atoms with van der Waals surface area (Å²) in [5, 5.41) is 8.56. The second kappa shape index (κ2) is 8.60. The molecule has 0 aromatic heterocycles. The van der Waals surface area contributed by atoms with Crippen LogP contribution in [0.3, 0.4) is 0 Å². The van der Waals surface area contributed by atoms with Gasteiger partial charge < -0.3 is 5.11 Å². The van der Waals surface area contributed by atoms with Crippen molar-refractivity contribution in [3.05, 3.63) is 12.2 Å². The summed E-state index contributed by atoms with van der Waals surface area (Å²) < 4.78 is 0. The monoisotopic (exact) mass is 292 g/mol. The zero-order valence-electron chi connectivity index (χ0n) is 13.5. The average Bonchev–Trinajstić information content (AvgIpc) is 2.50. The van der Waals surface area contributed by atoms with Crippen molar-refractivity contribution in [3.63, 3.8) is 0 Å². The summed E-state index contributed by atoms with van der Waals surface area (Å²) in [5.74, 6) is 0.401. The highest BCUT2D eigenvalue weighted by molar-refractivity contribution is 5.66. The molecule has 2 bridgehead atoms. The molecule has 0 atom stereocenters. The molecule has 2 heteroatoms. The van der Waals surface area contributed by atoms with Crippen LogP contribution in [0, 0.1) is 11.3 Å². The number of rotatable bonds is 10. The number of fused-ring (bicyclic) bond motifs is 3. The van der Waals surface area contributed by atoms with Crippen molar-refractivity contribution in [2.45, 2.75) is 89.9 Å². The number of carbonyl (C=O) groups is 1. The van der Waals surface area contributed by atoms with Gasteiger partial charge in [-0.2, -0.15) is 0 Å². The normalized spacial score (nSPS) is 28.3. The minimum absolute atomic E-state index is 0.339. The van der Waals surface area contributed by atoms with Crippen molar-refractivity contribution in [2.24, 2.45) is 11.3 Å². The van der Waals surface area contributed by atoms with Crippen molar-refractivity contribution in [1.82, 2.24) is 0 Å². The first-order valence-corrected chi connectivity index (χ1v) is 9.10. The Morgan fingerprint density at radius 2 is 1.52 bits per heavy atom. The lowest BCUT2D eigenvalue weighted by atomic mass is 9.61. The summed E-state index contributed by atoms with van der Waals surface area (Å²) in [5.41, 5.74) is 0.589. The number of carboxylic acid groups (broad SMARTS) is 1. The fraction of sp³-hybridized carbons (Fsp3) is 0.842. The lowest BCUT2D eigenvalue weighted by Crippen LogP contribution is -2.32. The molecule has 0 aromatic rings. The Morgan fingerprint density at radius 3 is 2.14 bits per heavy atom. The molecule has 0 aliphatic heterocycles. The molecule has 3 aliphatic carbocycles. The first-order chi connectivity index (χ1) is 10.2. The van der Waals surface area contributed by atoms with Gasteiger partial charge in [0.15, 0.2) is 0 Å². The average molecular weight is 292 g/mol. The summed E-state index contributed by atoms with van der Waals surface area (Å²) in [4.78, 5) is 10.4. The number of carboxylic acids is 1. The van der Waals surface area contributed by atoms with Crippen LogP contribution in [0.2, 0.25) is 0 Å². The van der Waals surface area contributed by atoms with Gasteiger partial charge in [-0.1, -0.05) is 37.8 Å². The Kier molecular flexibility index (Phi) is 6.79. The zero-order chi connectivity index (χ0) is 15.0. The quantitative estimate of drug-likeness (QED) is 0.413. The first-order valence-electron chi connectivity index (χ1n) is 9.10. The van der Waals surface area contributed by atoms with Crippen LogP contribution in [0.1, 0.15) is 89.9 Å². The fourth-order valence-electron chi connectivity index (χ4n) is 4.11. The molecule has 120 valence electrons. The number of allylic oxidation sites excluding steroid dienone is 2. The maximum atomic E-state index is 10.4. The number of hydrogen-bond acceptors (Lipinski definition) is 1. The van der Waals surface area contributed by atoms with Crippen LogP contribution < -0.4 is 0 Å². The van der Waals surface area contributed by atoms with E-state index in [4.69, 9.17) is 5.11 Å². The molecule has 3 aliphatic rings. The topological polar surface area (TPSA) is 37.3 Å². The van der Waals surface area contributed by atoms with Crippen LogP contribution in [0.15, 0.2) is 12.2 Å². The molecular weight excluding hydrogens is 260 g/mol. The molecule has 3 fully saturated rings. The third-order valence-electron chi connectivity index (χ3n) is 5.63. The molecule has 3 saturated carbocycles. The van der Waals surface area contributed by atoms with Gasteiger partial charge in [-0.25, -0.2) is 0 Å². The second-order valence-corrected chi connectivity index (χ2v) is 7.30. The molecule has 0 amide bonds. The second-order valence-electron chi connectivity index (χ2n) is 7.30. The highest BCUT2D eigenvalue weighted by atomic mass is 16.4. The highest BCUT2D eigenvalue weighted by Gasteiger charge is 2.37. The zero-order valence-corrected chi connectivity index (χ0v) is 13.5. The Balaban J connectivity index is 1.46. The fourth-order valence-corrected chi connectivity index (χ4v) is 4.11. The molecule has 0 heterocycles. The Labute approximate surface area is 130 Å². The number of hydrogen-bond donors (Lipinski definition) is 1. The maximum absolute atomic E-state index is 10.4.